The largest absolute Gasteiger partial charge is 0.298 e. The molecule has 0 saturated heterocycles. The van der Waals surface area contributed by atoms with Crippen LogP contribution in [0.4, 0.5) is 0 Å². The van der Waals surface area contributed by atoms with E-state index in [9.17, 15) is 4.57 Å². The molecule has 0 aromatic heterocycles. The lowest BCUT2D eigenvalue weighted by Crippen LogP contribution is -2.33. The van der Waals surface area contributed by atoms with Crippen LogP contribution in [-0.4, -0.2) is 6.04 Å². The predicted octanol–water partition coefficient (Wildman–Crippen LogP) is 8.15. The molecule has 2 saturated carbocycles. The maximum Gasteiger partial charge on any atom is 0.193 e. The van der Waals surface area contributed by atoms with Crippen molar-refractivity contribution < 1.29 is 4.57 Å². The molecule has 2 aliphatic carbocycles. The number of hydrogen-bond acceptors (Lipinski definition) is 1. The van der Waals surface area contributed by atoms with Gasteiger partial charge in [-0.3, -0.25) is 9.65 Å². The van der Waals surface area contributed by atoms with Crippen LogP contribution in [0.1, 0.15) is 43.7 Å². The quantitative estimate of drug-likeness (QED) is 0.423. The van der Waals surface area contributed by atoms with Gasteiger partial charge in [0.2, 0.25) is 0 Å². The number of halogens is 2. The minimum absolute atomic E-state index is 0.138. The molecule has 1 unspecified atom stereocenters. The number of hydrogen-bond donors (Lipinski definition) is 1. The minimum Gasteiger partial charge on any atom is -0.298 e. The molecule has 0 spiro atoms. The summed E-state index contributed by atoms with van der Waals surface area (Å²) in [7, 11) is -3.13. The molecule has 0 aliphatic heterocycles. The highest BCUT2D eigenvalue weighted by Gasteiger charge is 2.42. The molecule has 5 atom stereocenters. The van der Waals surface area contributed by atoms with Crippen LogP contribution in [0.25, 0.3) is 10.1 Å². The molecule has 2 aromatic rings. The number of nitrogens with one attached hydrogen (secondary N) is 1. The van der Waals surface area contributed by atoms with Crippen molar-refractivity contribution in [3.63, 3.8) is 0 Å². The molecule has 2 bridgehead atoms. The van der Waals surface area contributed by atoms with Gasteiger partial charge in [-0.2, -0.15) is 0 Å². The number of fused-ring (bicyclic) bond motifs is 2. The Labute approximate surface area is 189 Å². The first-order valence-electron chi connectivity index (χ1n) is 10.7. The van der Waals surface area contributed by atoms with Crippen molar-refractivity contribution in [3.8, 4) is 0 Å². The van der Waals surface area contributed by atoms with Gasteiger partial charge < -0.3 is 0 Å². The van der Waals surface area contributed by atoms with Gasteiger partial charge in [0.05, 0.1) is 10.1 Å². The van der Waals surface area contributed by atoms with E-state index in [2.05, 4.69) is 12.0 Å². The average molecular weight is 460 g/mol. The molecule has 5 heteroatoms. The standard InChI is InChI=1S/C25H28Cl2NOP/c1-18(23-15-19-12-13-22(23)14-19)28-30(29,16-24(26)20-8-4-2-5-9-20)17-25(27)21-10-6-3-7-11-21/h2-11,16-19,22-23H,12-15H2,1H3,(H,28,29)/b24-16-,25-17+/t18-,19-,22-,23+,30?/m1/s1. The smallest absolute Gasteiger partial charge is 0.193 e. The third-order valence-electron chi connectivity index (χ3n) is 6.55. The van der Waals surface area contributed by atoms with Gasteiger partial charge in [-0.15, -0.1) is 0 Å². The Morgan fingerprint density at radius 3 is 1.90 bits per heavy atom. The zero-order chi connectivity index (χ0) is 21.1. The summed E-state index contributed by atoms with van der Waals surface area (Å²) in [5, 5.41) is 4.40. The van der Waals surface area contributed by atoms with Gasteiger partial charge in [-0.25, -0.2) is 0 Å². The monoisotopic (exact) mass is 459 g/mol. The van der Waals surface area contributed by atoms with E-state index in [-0.39, 0.29) is 6.04 Å². The number of rotatable bonds is 7. The van der Waals surface area contributed by atoms with Gasteiger partial charge in [0.1, 0.15) is 0 Å². The number of benzene rings is 2. The molecule has 2 fully saturated rings. The Bertz CT molecular complexity index is 914. The fourth-order valence-corrected chi connectivity index (χ4v) is 8.26. The van der Waals surface area contributed by atoms with E-state index in [4.69, 9.17) is 23.2 Å². The Hall–Kier alpha value is -1.31. The summed E-state index contributed by atoms with van der Waals surface area (Å²) < 4.78 is 14.1. The van der Waals surface area contributed by atoms with E-state index in [1.165, 1.54) is 25.7 Å². The Kier molecular flexibility index (Phi) is 6.90. The Morgan fingerprint density at radius 2 is 1.47 bits per heavy atom. The molecule has 4 rings (SSSR count). The minimum atomic E-state index is -3.13. The summed E-state index contributed by atoms with van der Waals surface area (Å²) >= 11 is 13.2. The van der Waals surface area contributed by atoms with Crippen LogP contribution in [-0.2, 0) is 4.57 Å². The van der Waals surface area contributed by atoms with E-state index in [0.717, 1.165) is 23.0 Å². The SMILES string of the molecule is C[C@@H](NP(=O)(/C=C(\Cl)c1ccccc1)/C=C(/Cl)c1ccccc1)[C@@H]1C[C@@H]2CC[C@@H]1C2. The molecule has 0 radical (unpaired) electrons. The molecule has 0 heterocycles. The summed E-state index contributed by atoms with van der Waals surface area (Å²) in [6.07, 6.45) is 5.20. The summed E-state index contributed by atoms with van der Waals surface area (Å²) in [5.41, 5.74) is 1.69. The second kappa shape index (κ2) is 9.45. The summed E-state index contributed by atoms with van der Waals surface area (Å²) in [5.74, 6) is 5.48. The van der Waals surface area contributed by atoms with Gasteiger partial charge in [0.25, 0.3) is 0 Å². The van der Waals surface area contributed by atoms with E-state index in [0.29, 0.717) is 16.0 Å². The van der Waals surface area contributed by atoms with Crippen LogP contribution in [0.5, 0.6) is 0 Å². The van der Waals surface area contributed by atoms with Crippen LogP contribution in [0.2, 0.25) is 0 Å². The summed E-state index contributed by atoms with van der Waals surface area (Å²) in [6, 6.07) is 19.4. The third-order valence-corrected chi connectivity index (χ3v) is 9.60. The van der Waals surface area contributed by atoms with Crippen molar-refractivity contribution in [1.29, 1.82) is 0 Å². The third kappa shape index (κ3) is 5.11. The van der Waals surface area contributed by atoms with Crippen molar-refractivity contribution in [1.82, 2.24) is 5.09 Å². The van der Waals surface area contributed by atoms with Crippen LogP contribution in [0.15, 0.2) is 72.3 Å². The molecule has 2 aliphatic rings. The van der Waals surface area contributed by atoms with Crippen molar-refractivity contribution in [2.45, 2.75) is 38.6 Å². The topological polar surface area (TPSA) is 29.1 Å². The Morgan fingerprint density at radius 1 is 0.933 bits per heavy atom. The highest BCUT2D eigenvalue weighted by Crippen LogP contribution is 2.54. The van der Waals surface area contributed by atoms with Crippen LogP contribution < -0.4 is 5.09 Å². The molecule has 2 aromatic carbocycles. The Balaban J connectivity index is 1.64. The first kappa shape index (κ1) is 21.9. The van der Waals surface area contributed by atoms with E-state index in [1.54, 1.807) is 11.6 Å². The lowest BCUT2D eigenvalue weighted by Gasteiger charge is -2.30. The van der Waals surface area contributed by atoms with Gasteiger partial charge >= 0.3 is 0 Å². The molecule has 1 N–H and O–H groups in total. The van der Waals surface area contributed by atoms with Crippen LogP contribution in [0, 0.1) is 17.8 Å². The van der Waals surface area contributed by atoms with Gasteiger partial charge in [0, 0.05) is 17.7 Å². The first-order valence-corrected chi connectivity index (χ1v) is 13.3. The van der Waals surface area contributed by atoms with Crippen molar-refractivity contribution in [3.05, 3.63) is 83.4 Å². The first-order chi connectivity index (χ1) is 14.4. The van der Waals surface area contributed by atoms with Crippen LogP contribution >= 0.6 is 30.5 Å². The zero-order valence-corrected chi connectivity index (χ0v) is 19.6. The van der Waals surface area contributed by atoms with Gasteiger partial charge in [0.15, 0.2) is 7.29 Å². The fourth-order valence-electron chi connectivity index (χ4n) is 5.11. The predicted molar refractivity (Wildman–Crippen MR) is 130 cm³/mol. The summed E-state index contributed by atoms with van der Waals surface area (Å²) in [4.78, 5) is 0. The van der Waals surface area contributed by atoms with E-state index < -0.39 is 7.29 Å². The molecule has 30 heavy (non-hydrogen) atoms. The summed E-state index contributed by atoms with van der Waals surface area (Å²) in [6.45, 7) is 2.16. The maximum absolute atomic E-state index is 14.1. The lowest BCUT2D eigenvalue weighted by molar-refractivity contribution is 0.280. The van der Waals surface area contributed by atoms with Gasteiger partial charge in [-0.1, -0.05) is 90.3 Å². The fraction of sp³-hybridized carbons (Fsp3) is 0.360. The molecular formula is C25H28Cl2NOP. The molecular weight excluding hydrogens is 432 g/mol. The van der Waals surface area contributed by atoms with Crippen molar-refractivity contribution in [2.75, 3.05) is 0 Å². The average Bonchev–Trinajstić information content (AvgIpc) is 3.38. The van der Waals surface area contributed by atoms with Gasteiger partial charge in [-0.05, 0) is 55.1 Å². The maximum atomic E-state index is 14.1. The zero-order valence-electron chi connectivity index (χ0n) is 17.2. The highest BCUT2D eigenvalue weighted by atomic mass is 35.5. The second-order valence-corrected chi connectivity index (χ2v) is 11.7. The normalized spacial score (nSPS) is 27.1. The van der Waals surface area contributed by atoms with Crippen molar-refractivity contribution in [2.24, 2.45) is 17.8 Å². The van der Waals surface area contributed by atoms with Crippen LogP contribution in [0.3, 0.4) is 0 Å². The lowest BCUT2D eigenvalue weighted by atomic mass is 9.84. The highest BCUT2D eigenvalue weighted by molar-refractivity contribution is 7.68. The van der Waals surface area contributed by atoms with Crippen molar-refractivity contribution >= 4 is 40.6 Å². The molecule has 158 valence electrons. The molecule has 0 amide bonds. The molecule has 2 nitrogen and oxygen atoms in total. The van der Waals surface area contributed by atoms with E-state index in [1.807, 2.05) is 60.7 Å². The van der Waals surface area contributed by atoms with E-state index >= 15 is 0 Å². The second-order valence-electron chi connectivity index (χ2n) is 8.65.